The molecule has 2 rings (SSSR count). The lowest BCUT2D eigenvalue weighted by molar-refractivity contribution is 0.0000129. The van der Waals surface area contributed by atoms with E-state index < -0.39 is 0 Å². The van der Waals surface area contributed by atoms with Crippen molar-refractivity contribution < 1.29 is 4.74 Å². The normalized spacial score (nSPS) is 24.2. The van der Waals surface area contributed by atoms with Crippen LogP contribution >= 0.6 is 0 Å². The maximum absolute atomic E-state index is 5.95. The Kier molecular flexibility index (Phi) is 4.79. The number of benzene rings is 1. The highest BCUT2D eigenvalue weighted by molar-refractivity contribution is 5.32. The highest BCUT2D eigenvalue weighted by Crippen LogP contribution is 2.30. The molecule has 100 valence electrons. The maximum Gasteiger partial charge on any atom is 0.0842 e. The van der Waals surface area contributed by atoms with Crippen LogP contribution in [0.5, 0.6) is 0 Å². The first kappa shape index (κ1) is 13.6. The summed E-state index contributed by atoms with van der Waals surface area (Å²) in [5, 5.41) is 3.62. The summed E-state index contributed by atoms with van der Waals surface area (Å²) in [6.45, 7) is 8.54. The van der Waals surface area contributed by atoms with Crippen molar-refractivity contribution in [3.63, 3.8) is 0 Å². The van der Waals surface area contributed by atoms with Gasteiger partial charge in [0, 0.05) is 12.6 Å². The van der Waals surface area contributed by atoms with Gasteiger partial charge in [-0.15, -0.1) is 0 Å². The molecule has 2 unspecified atom stereocenters. The zero-order chi connectivity index (χ0) is 13.0. The average molecular weight is 247 g/mol. The fourth-order valence-corrected chi connectivity index (χ4v) is 2.73. The van der Waals surface area contributed by atoms with Gasteiger partial charge in [0.1, 0.15) is 0 Å². The predicted octanol–water partition coefficient (Wildman–Crippen LogP) is 3.52. The molecule has 1 saturated heterocycles. The molecule has 2 atom stereocenters. The molecule has 2 nitrogen and oxygen atoms in total. The molecule has 0 bridgehead atoms. The van der Waals surface area contributed by atoms with Crippen LogP contribution in [0.1, 0.15) is 49.0 Å². The van der Waals surface area contributed by atoms with E-state index in [9.17, 15) is 0 Å². The van der Waals surface area contributed by atoms with E-state index in [4.69, 9.17) is 4.74 Å². The summed E-state index contributed by atoms with van der Waals surface area (Å²) in [6.07, 6.45) is 3.71. The van der Waals surface area contributed by atoms with Crippen LogP contribution in [0.2, 0.25) is 0 Å². The first-order valence-corrected chi connectivity index (χ1v) is 7.13. The van der Waals surface area contributed by atoms with Gasteiger partial charge in [0.05, 0.1) is 6.10 Å². The van der Waals surface area contributed by atoms with E-state index >= 15 is 0 Å². The van der Waals surface area contributed by atoms with Crippen LogP contribution in [-0.4, -0.2) is 19.2 Å². The van der Waals surface area contributed by atoms with E-state index in [2.05, 4.69) is 44.3 Å². The van der Waals surface area contributed by atoms with E-state index in [0.29, 0.717) is 6.04 Å². The molecule has 1 aromatic rings. The largest absolute Gasteiger partial charge is 0.373 e. The Balaban J connectivity index is 2.03. The Morgan fingerprint density at radius 2 is 2.17 bits per heavy atom. The van der Waals surface area contributed by atoms with Crippen LogP contribution in [0.15, 0.2) is 18.2 Å². The molecule has 0 saturated carbocycles. The van der Waals surface area contributed by atoms with E-state index in [0.717, 1.165) is 26.0 Å². The molecule has 0 aliphatic carbocycles. The summed E-state index contributed by atoms with van der Waals surface area (Å²) < 4.78 is 5.95. The van der Waals surface area contributed by atoms with Crippen molar-refractivity contribution in [2.45, 2.75) is 52.2 Å². The molecule has 0 aromatic heterocycles. The number of hydrogen-bond donors (Lipinski definition) is 1. The van der Waals surface area contributed by atoms with Crippen LogP contribution in [0.3, 0.4) is 0 Å². The Morgan fingerprint density at radius 3 is 2.89 bits per heavy atom. The molecule has 2 heteroatoms. The van der Waals surface area contributed by atoms with Gasteiger partial charge in [0.15, 0.2) is 0 Å². The van der Waals surface area contributed by atoms with Crippen LogP contribution in [0.25, 0.3) is 0 Å². The number of nitrogens with one attached hydrogen (secondary N) is 1. The fraction of sp³-hybridized carbons (Fsp3) is 0.625. The van der Waals surface area contributed by atoms with Gasteiger partial charge in [-0.3, -0.25) is 0 Å². The molecule has 0 amide bonds. The minimum absolute atomic E-state index is 0.272. The third-order valence-corrected chi connectivity index (χ3v) is 3.74. The van der Waals surface area contributed by atoms with Crippen LogP contribution in [-0.2, 0) is 4.74 Å². The number of hydrogen-bond acceptors (Lipinski definition) is 2. The summed E-state index contributed by atoms with van der Waals surface area (Å²) >= 11 is 0. The van der Waals surface area contributed by atoms with Gasteiger partial charge in [0.2, 0.25) is 0 Å². The molecule has 1 aliphatic heterocycles. The van der Waals surface area contributed by atoms with Gasteiger partial charge in [0.25, 0.3) is 0 Å². The van der Waals surface area contributed by atoms with E-state index in [1.807, 2.05) is 0 Å². The summed E-state index contributed by atoms with van der Waals surface area (Å²) in [7, 11) is 0. The third-order valence-electron chi connectivity index (χ3n) is 3.74. The molecule has 0 spiro atoms. The Morgan fingerprint density at radius 1 is 1.33 bits per heavy atom. The van der Waals surface area contributed by atoms with E-state index in [1.54, 1.807) is 0 Å². The van der Waals surface area contributed by atoms with Crippen molar-refractivity contribution in [2.24, 2.45) is 0 Å². The van der Waals surface area contributed by atoms with Gasteiger partial charge in [-0.2, -0.15) is 0 Å². The van der Waals surface area contributed by atoms with Crippen molar-refractivity contribution >= 4 is 0 Å². The zero-order valence-corrected chi connectivity index (χ0v) is 11.8. The standard InChI is InChI=1S/C16H25NO/c1-4-8-17-14-7-9-18-16(11-14)15-6-5-12(2)10-13(15)3/h5-6,10,14,16-17H,4,7-9,11H2,1-3H3. The van der Waals surface area contributed by atoms with Gasteiger partial charge >= 0.3 is 0 Å². The summed E-state index contributed by atoms with van der Waals surface area (Å²) in [5.74, 6) is 0. The first-order chi connectivity index (χ1) is 8.70. The van der Waals surface area contributed by atoms with Crippen LogP contribution < -0.4 is 5.32 Å². The van der Waals surface area contributed by atoms with Crippen molar-refractivity contribution in [2.75, 3.05) is 13.2 Å². The average Bonchev–Trinajstić information content (AvgIpc) is 2.36. The van der Waals surface area contributed by atoms with Crippen molar-refractivity contribution in [3.8, 4) is 0 Å². The summed E-state index contributed by atoms with van der Waals surface area (Å²) in [5.41, 5.74) is 4.05. The smallest absolute Gasteiger partial charge is 0.0842 e. The second kappa shape index (κ2) is 6.35. The van der Waals surface area contributed by atoms with Crippen molar-refractivity contribution in [3.05, 3.63) is 34.9 Å². The topological polar surface area (TPSA) is 21.3 Å². The predicted molar refractivity (Wildman–Crippen MR) is 75.9 cm³/mol. The Bertz CT molecular complexity index is 389. The van der Waals surface area contributed by atoms with E-state index in [1.165, 1.54) is 23.1 Å². The van der Waals surface area contributed by atoms with Gasteiger partial charge in [-0.25, -0.2) is 0 Å². The minimum Gasteiger partial charge on any atom is -0.373 e. The molecule has 1 aromatic carbocycles. The van der Waals surface area contributed by atoms with Crippen LogP contribution in [0, 0.1) is 13.8 Å². The number of ether oxygens (including phenoxy) is 1. The molecule has 1 heterocycles. The summed E-state index contributed by atoms with van der Waals surface area (Å²) in [4.78, 5) is 0. The van der Waals surface area contributed by atoms with Crippen LogP contribution in [0.4, 0.5) is 0 Å². The highest BCUT2D eigenvalue weighted by Gasteiger charge is 2.24. The minimum atomic E-state index is 0.272. The van der Waals surface area contributed by atoms with Crippen molar-refractivity contribution in [1.82, 2.24) is 5.32 Å². The molecule has 18 heavy (non-hydrogen) atoms. The Labute approximate surface area is 111 Å². The highest BCUT2D eigenvalue weighted by atomic mass is 16.5. The summed E-state index contributed by atoms with van der Waals surface area (Å²) in [6, 6.07) is 7.29. The van der Waals surface area contributed by atoms with Crippen molar-refractivity contribution in [1.29, 1.82) is 0 Å². The number of rotatable bonds is 4. The molecule has 0 radical (unpaired) electrons. The molecule has 1 N–H and O–H groups in total. The van der Waals surface area contributed by atoms with E-state index in [-0.39, 0.29) is 6.10 Å². The zero-order valence-electron chi connectivity index (χ0n) is 11.8. The maximum atomic E-state index is 5.95. The molecule has 1 fully saturated rings. The second-order valence-corrected chi connectivity index (χ2v) is 5.39. The SMILES string of the molecule is CCCNC1CCOC(c2ccc(C)cc2C)C1. The Hall–Kier alpha value is -0.860. The molecule has 1 aliphatic rings. The van der Waals surface area contributed by atoms with Gasteiger partial charge in [-0.05, 0) is 50.8 Å². The molecular formula is C16H25NO. The monoisotopic (exact) mass is 247 g/mol. The van der Waals surface area contributed by atoms with Gasteiger partial charge < -0.3 is 10.1 Å². The second-order valence-electron chi connectivity index (χ2n) is 5.39. The lowest BCUT2D eigenvalue weighted by Gasteiger charge is -2.31. The molecular weight excluding hydrogens is 222 g/mol. The quantitative estimate of drug-likeness (QED) is 0.879. The third kappa shape index (κ3) is 3.33. The lowest BCUT2D eigenvalue weighted by atomic mass is 9.93. The number of aryl methyl sites for hydroxylation is 2. The van der Waals surface area contributed by atoms with Gasteiger partial charge in [-0.1, -0.05) is 30.7 Å². The first-order valence-electron chi connectivity index (χ1n) is 7.13. The fourth-order valence-electron chi connectivity index (χ4n) is 2.73. The lowest BCUT2D eigenvalue weighted by Crippen LogP contribution is -2.36.